The highest BCUT2D eigenvalue weighted by molar-refractivity contribution is 9.10. The minimum atomic E-state index is -3.42. The normalized spacial score (nSPS) is 18.4. The van der Waals surface area contributed by atoms with E-state index in [4.69, 9.17) is 0 Å². The van der Waals surface area contributed by atoms with Crippen LogP contribution in [0.5, 0.6) is 0 Å². The van der Waals surface area contributed by atoms with Crippen molar-refractivity contribution in [3.63, 3.8) is 0 Å². The summed E-state index contributed by atoms with van der Waals surface area (Å²) in [4.78, 5) is 0.372. The highest BCUT2D eigenvalue weighted by Crippen LogP contribution is 2.36. The summed E-state index contributed by atoms with van der Waals surface area (Å²) >= 11 is 3.32. The molecule has 0 aliphatic heterocycles. The van der Waals surface area contributed by atoms with Gasteiger partial charge in [-0.1, -0.05) is 28.9 Å². The quantitative estimate of drug-likeness (QED) is 0.919. The van der Waals surface area contributed by atoms with Crippen molar-refractivity contribution in [1.82, 2.24) is 4.72 Å². The van der Waals surface area contributed by atoms with Crippen molar-refractivity contribution in [3.8, 4) is 0 Å². The van der Waals surface area contributed by atoms with Gasteiger partial charge in [-0.05, 0) is 50.3 Å². The summed E-state index contributed by atoms with van der Waals surface area (Å²) in [6.45, 7) is 3.86. The Morgan fingerprint density at radius 2 is 2.06 bits per heavy atom. The molecule has 1 aromatic carbocycles. The van der Waals surface area contributed by atoms with Gasteiger partial charge >= 0.3 is 0 Å². The Bertz CT molecular complexity index is 545. The summed E-state index contributed by atoms with van der Waals surface area (Å²) in [5.41, 5.74) is 0.560. The molecule has 100 valence electrons. The van der Waals surface area contributed by atoms with Gasteiger partial charge in [0.25, 0.3) is 0 Å². The molecule has 0 radical (unpaired) electrons. The lowest BCUT2D eigenvalue weighted by molar-refractivity contribution is 0.214. The lowest BCUT2D eigenvalue weighted by atomic mass is 9.76. The van der Waals surface area contributed by atoms with Gasteiger partial charge in [0.2, 0.25) is 10.0 Å². The van der Waals surface area contributed by atoms with Gasteiger partial charge < -0.3 is 0 Å². The smallest absolute Gasteiger partial charge is 0.207 e. The van der Waals surface area contributed by atoms with Crippen LogP contribution in [0.3, 0.4) is 0 Å². The highest BCUT2D eigenvalue weighted by Gasteiger charge is 2.39. The Hall–Kier alpha value is -0.390. The molecule has 1 saturated carbocycles. The molecule has 0 bridgehead atoms. The van der Waals surface area contributed by atoms with E-state index in [1.54, 1.807) is 6.07 Å². The molecule has 0 amide bonds. The van der Waals surface area contributed by atoms with Crippen LogP contribution in [0.15, 0.2) is 27.6 Å². The average Bonchev–Trinajstić information content (AvgIpc) is 2.27. The van der Waals surface area contributed by atoms with Crippen LogP contribution >= 0.6 is 15.9 Å². The molecule has 5 heteroatoms. The number of hydrogen-bond acceptors (Lipinski definition) is 2. The third kappa shape index (κ3) is 2.63. The summed E-state index contributed by atoms with van der Waals surface area (Å²) in [6.07, 6.45) is 3.83. The predicted molar refractivity (Wildman–Crippen MR) is 76.1 cm³/mol. The van der Waals surface area contributed by atoms with Crippen LogP contribution in [-0.2, 0) is 10.0 Å². The molecule has 1 aliphatic carbocycles. The first-order valence-electron chi connectivity index (χ1n) is 6.19. The maximum absolute atomic E-state index is 12.4. The molecular weight excluding hydrogens is 314 g/mol. The molecular formula is C13H18BrNO2S. The fourth-order valence-electron chi connectivity index (χ4n) is 2.33. The number of nitrogens with one attached hydrogen (secondary N) is 1. The second-order valence-electron chi connectivity index (χ2n) is 5.00. The lowest BCUT2D eigenvalue weighted by Gasteiger charge is -2.41. The van der Waals surface area contributed by atoms with Gasteiger partial charge in [-0.2, -0.15) is 0 Å². The van der Waals surface area contributed by atoms with Gasteiger partial charge in [0.1, 0.15) is 0 Å². The van der Waals surface area contributed by atoms with Crippen LogP contribution in [-0.4, -0.2) is 14.0 Å². The average molecular weight is 332 g/mol. The summed E-state index contributed by atoms with van der Waals surface area (Å²) in [7, 11) is -3.42. The molecule has 1 aliphatic rings. The summed E-state index contributed by atoms with van der Waals surface area (Å²) in [5.74, 6) is 0. The van der Waals surface area contributed by atoms with Gasteiger partial charge in [-0.15, -0.1) is 0 Å². The topological polar surface area (TPSA) is 46.2 Å². The van der Waals surface area contributed by atoms with E-state index in [1.807, 2.05) is 26.0 Å². The zero-order chi connectivity index (χ0) is 13.4. The van der Waals surface area contributed by atoms with E-state index in [9.17, 15) is 8.42 Å². The molecule has 1 N–H and O–H groups in total. The van der Waals surface area contributed by atoms with Crippen LogP contribution in [0.4, 0.5) is 0 Å². The molecule has 0 atom stereocenters. The number of hydrogen-bond donors (Lipinski definition) is 1. The number of rotatable bonds is 4. The van der Waals surface area contributed by atoms with Gasteiger partial charge in [0.15, 0.2) is 0 Å². The first-order chi connectivity index (χ1) is 8.38. The molecule has 18 heavy (non-hydrogen) atoms. The number of benzene rings is 1. The summed E-state index contributed by atoms with van der Waals surface area (Å²) in [5, 5.41) is 0. The molecule has 1 fully saturated rings. The number of aryl methyl sites for hydroxylation is 1. The highest BCUT2D eigenvalue weighted by atomic mass is 79.9. The first-order valence-corrected chi connectivity index (χ1v) is 8.46. The lowest BCUT2D eigenvalue weighted by Crippen LogP contribution is -2.52. The summed E-state index contributed by atoms with van der Waals surface area (Å²) < 4.78 is 28.6. The molecule has 0 spiro atoms. The van der Waals surface area contributed by atoms with Gasteiger partial charge in [0, 0.05) is 10.0 Å². The van der Waals surface area contributed by atoms with E-state index in [2.05, 4.69) is 20.7 Å². The molecule has 3 nitrogen and oxygen atoms in total. The fourth-order valence-corrected chi connectivity index (χ4v) is 4.65. The van der Waals surface area contributed by atoms with Crippen molar-refractivity contribution in [2.45, 2.75) is 50.0 Å². The molecule has 0 saturated heterocycles. The molecule has 0 heterocycles. The maximum atomic E-state index is 12.4. The van der Waals surface area contributed by atoms with Crippen molar-refractivity contribution >= 4 is 26.0 Å². The third-order valence-corrected chi connectivity index (χ3v) is 5.99. The largest absolute Gasteiger partial charge is 0.241 e. The van der Waals surface area contributed by atoms with Crippen molar-refractivity contribution in [2.75, 3.05) is 0 Å². The first kappa shape index (κ1) is 14.0. The molecule has 1 aromatic rings. The maximum Gasteiger partial charge on any atom is 0.241 e. The third-order valence-electron chi connectivity index (χ3n) is 3.78. The Morgan fingerprint density at radius 3 is 2.56 bits per heavy atom. The number of halogens is 1. The van der Waals surface area contributed by atoms with Gasteiger partial charge in [-0.3, -0.25) is 0 Å². The SMILES string of the molecule is CCC1(NS(=O)(=O)c2cc(Br)ccc2C)CCC1. The van der Waals surface area contributed by atoms with Crippen LogP contribution < -0.4 is 4.72 Å². The van der Waals surface area contributed by atoms with Crippen molar-refractivity contribution < 1.29 is 8.42 Å². The van der Waals surface area contributed by atoms with E-state index in [0.717, 1.165) is 35.7 Å². The second kappa shape index (κ2) is 4.94. The van der Waals surface area contributed by atoms with Crippen molar-refractivity contribution in [3.05, 3.63) is 28.2 Å². The van der Waals surface area contributed by atoms with E-state index in [1.165, 1.54) is 0 Å². The second-order valence-corrected chi connectivity index (χ2v) is 7.57. The van der Waals surface area contributed by atoms with E-state index >= 15 is 0 Å². The predicted octanol–water partition coefficient (Wildman–Crippen LogP) is 3.37. The molecule has 2 rings (SSSR count). The molecule has 0 unspecified atom stereocenters. The van der Waals surface area contributed by atoms with E-state index in [0.29, 0.717) is 4.90 Å². The van der Waals surface area contributed by atoms with E-state index in [-0.39, 0.29) is 5.54 Å². The van der Waals surface area contributed by atoms with Gasteiger partial charge in [0.05, 0.1) is 4.90 Å². The van der Waals surface area contributed by atoms with Crippen LogP contribution in [0, 0.1) is 6.92 Å². The minimum absolute atomic E-state index is 0.215. The van der Waals surface area contributed by atoms with Gasteiger partial charge in [-0.25, -0.2) is 13.1 Å². The Morgan fingerprint density at radius 1 is 1.39 bits per heavy atom. The minimum Gasteiger partial charge on any atom is -0.207 e. The Balaban J connectivity index is 2.33. The monoisotopic (exact) mass is 331 g/mol. The van der Waals surface area contributed by atoms with Crippen LogP contribution in [0.2, 0.25) is 0 Å². The Labute approximate surface area is 117 Å². The van der Waals surface area contributed by atoms with Crippen molar-refractivity contribution in [1.29, 1.82) is 0 Å². The zero-order valence-electron chi connectivity index (χ0n) is 10.7. The summed E-state index contributed by atoms with van der Waals surface area (Å²) in [6, 6.07) is 5.34. The van der Waals surface area contributed by atoms with Crippen LogP contribution in [0.1, 0.15) is 38.2 Å². The Kier molecular flexibility index (Phi) is 3.85. The zero-order valence-corrected chi connectivity index (χ0v) is 13.1. The van der Waals surface area contributed by atoms with Crippen molar-refractivity contribution in [2.24, 2.45) is 0 Å². The molecule has 0 aromatic heterocycles. The van der Waals surface area contributed by atoms with Crippen LogP contribution in [0.25, 0.3) is 0 Å². The van der Waals surface area contributed by atoms with E-state index < -0.39 is 10.0 Å². The fraction of sp³-hybridized carbons (Fsp3) is 0.538. The standard InChI is InChI=1S/C13H18BrNO2S/c1-3-13(7-4-8-13)15-18(16,17)12-9-11(14)6-5-10(12)2/h5-6,9,15H,3-4,7-8H2,1-2H3. The number of sulfonamides is 1.